The van der Waals surface area contributed by atoms with Crippen LogP contribution in [-0.2, 0) is 16.0 Å². The summed E-state index contributed by atoms with van der Waals surface area (Å²) in [5.41, 5.74) is 2.68. The number of benzene rings is 2. The molecule has 0 spiro atoms. The zero-order valence-corrected chi connectivity index (χ0v) is 14.5. The maximum absolute atomic E-state index is 12.3. The zero-order chi connectivity index (χ0) is 18.2. The number of nitriles is 1. The summed E-state index contributed by atoms with van der Waals surface area (Å²) in [4.78, 5) is 14.5. The van der Waals surface area contributed by atoms with Crippen molar-refractivity contribution in [2.24, 2.45) is 0 Å². The Labute approximate surface area is 152 Å². The molecule has 2 aromatic carbocycles. The lowest BCUT2D eigenvalue weighted by Gasteiger charge is -2.30. The van der Waals surface area contributed by atoms with E-state index in [2.05, 4.69) is 16.3 Å². The first-order chi connectivity index (χ1) is 12.8. The first-order valence-electron chi connectivity index (χ1n) is 8.56. The van der Waals surface area contributed by atoms with E-state index in [-0.39, 0.29) is 12.5 Å². The van der Waals surface area contributed by atoms with Crippen molar-refractivity contribution in [3.8, 4) is 11.8 Å². The summed E-state index contributed by atoms with van der Waals surface area (Å²) < 4.78 is 10.9. The van der Waals surface area contributed by atoms with Crippen LogP contribution in [0.4, 0.5) is 11.4 Å². The summed E-state index contributed by atoms with van der Waals surface area (Å²) in [6.07, 6.45) is 0.360. The summed E-state index contributed by atoms with van der Waals surface area (Å²) >= 11 is 0. The second kappa shape index (κ2) is 8.88. The van der Waals surface area contributed by atoms with Gasteiger partial charge in [0.15, 0.2) is 6.61 Å². The van der Waals surface area contributed by atoms with E-state index in [0.717, 1.165) is 30.0 Å². The van der Waals surface area contributed by atoms with Gasteiger partial charge in [-0.3, -0.25) is 4.79 Å². The molecule has 0 bridgehead atoms. The van der Waals surface area contributed by atoms with Crippen LogP contribution in [0.15, 0.2) is 48.5 Å². The van der Waals surface area contributed by atoms with Gasteiger partial charge < -0.3 is 19.7 Å². The third-order valence-electron chi connectivity index (χ3n) is 4.11. The molecule has 6 nitrogen and oxygen atoms in total. The van der Waals surface area contributed by atoms with Gasteiger partial charge in [0.25, 0.3) is 5.91 Å². The molecule has 0 atom stereocenters. The molecule has 1 fully saturated rings. The van der Waals surface area contributed by atoms with Crippen LogP contribution in [-0.4, -0.2) is 38.8 Å². The number of morpholine rings is 1. The number of nitrogens with zero attached hydrogens (tertiary/aromatic N) is 2. The molecule has 1 heterocycles. The van der Waals surface area contributed by atoms with E-state index in [4.69, 9.17) is 14.7 Å². The van der Waals surface area contributed by atoms with Crippen LogP contribution in [0.25, 0.3) is 0 Å². The molecule has 0 aliphatic carbocycles. The number of carbonyl (C=O) groups excluding carboxylic acids is 1. The van der Waals surface area contributed by atoms with Gasteiger partial charge in [-0.05, 0) is 29.8 Å². The average molecular weight is 351 g/mol. The van der Waals surface area contributed by atoms with Crippen molar-refractivity contribution in [2.75, 3.05) is 43.1 Å². The van der Waals surface area contributed by atoms with Gasteiger partial charge in [0.05, 0.1) is 37.1 Å². The van der Waals surface area contributed by atoms with Crippen LogP contribution in [0.3, 0.4) is 0 Å². The van der Waals surface area contributed by atoms with Crippen molar-refractivity contribution in [1.82, 2.24) is 0 Å². The van der Waals surface area contributed by atoms with Gasteiger partial charge in [-0.1, -0.05) is 24.3 Å². The lowest BCUT2D eigenvalue weighted by atomic mass is 10.2. The Hall–Kier alpha value is -3.04. The molecule has 0 saturated carbocycles. The second-order valence-corrected chi connectivity index (χ2v) is 5.93. The maximum atomic E-state index is 12.3. The Balaban J connectivity index is 1.57. The average Bonchev–Trinajstić information content (AvgIpc) is 2.69. The molecule has 26 heavy (non-hydrogen) atoms. The lowest BCUT2D eigenvalue weighted by molar-refractivity contribution is -0.118. The summed E-state index contributed by atoms with van der Waals surface area (Å²) in [6.45, 7) is 2.91. The Morgan fingerprint density at radius 2 is 1.88 bits per heavy atom. The Bertz CT molecular complexity index is 778. The highest BCUT2D eigenvalue weighted by Crippen LogP contribution is 2.26. The first kappa shape index (κ1) is 17.8. The van der Waals surface area contributed by atoms with Gasteiger partial charge in [-0.25, -0.2) is 0 Å². The minimum atomic E-state index is -0.216. The molecule has 6 heteroatoms. The zero-order valence-electron chi connectivity index (χ0n) is 14.5. The molecule has 0 unspecified atom stereocenters. The van der Waals surface area contributed by atoms with E-state index < -0.39 is 0 Å². The number of rotatable bonds is 6. The Kier molecular flexibility index (Phi) is 6.07. The molecule has 3 rings (SSSR count). The predicted molar refractivity (Wildman–Crippen MR) is 99.4 cm³/mol. The van der Waals surface area contributed by atoms with Crippen LogP contribution in [0.2, 0.25) is 0 Å². The van der Waals surface area contributed by atoms with Gasteiger partial charge in [0, 0.05) is 13.1 Å². The fourth-order valence-corrected chi connectivity index (χ4v) is 2.79. The first-order valence-corrected chi connectivity index (χ1v) is 8.56. The van der Waals surface area contributed by atoms with Crippen molar-refractivity contribution < 1.29 is 14.3 Å². The molecule has 0 aromatic heterocycles. The van der Waals surface area contributed by atoms with E-state index in [9.17, 15) is 4.79 Å². The molecule has 0 radical (unpaired) electrons. The molecular formula is C20H21N3O3. The van der Waals surface area contributed by atoms with Gasteiger partial charge in [-0.15, -0.1) is 0 Å². The molecular weight excluding hydrogens is 330 g/mol. The van der Waals surface area contributed by atoms with E-state index >= 15 is 0 Å². The largest absolute Gasteiger partial charge is 0.484 e. The van der Waals surface area contributed by atoms with Crippen LogP contribution < -0.4 is 15.0 Å². The quantitative estimate of drug-likeness (QED) is 0.866. The summed E-state index contributed by atoms with van der Waals surface area (Å²) in [7, 11) is 0. The molecule has 134 valence electrons. The number of hydrogen-bond acceptors (Lipinski definition) is 5. The van der Waals surface area contributed by atoms with Gasteiger partial charge >= 0.3 is 0 Å². The fourth-order valence-electron chi connectivity index (χ4n) is 2.79. The summed E-state index contributed by atoms with van der Waals surface area (Å²) in [5.74, 6) is 0.384. The van der Waals surface area contributed by atoms with Crippen molar-refractivity contribution in [2.45, 2.75) is 6.42 Å². The lowest BCUT2D eigenvalue weighted by Crippen LogP contribution is -2.36. The third-order valence-corrected chi connectivity index (χ3v) is 4.11. The minimum Gasteiger partial charge on any atom is -0.484 e. The standard InChI is InChI=1S/C20H21N3O3/c21-10-9-16-5-7-17(8-6-16)26-15-20(24)22-18-3-1-2-4-19(18)23-11-13-25-14-12-23/h1-8H,9,11-15H2,(H,22,24). The summed E-state index contributed by atoms with van der Waals surface area (Å²) in [5, 5.41) is 11.6. The van der Waals surface area contributed by atoms with Crippen LogP contribution in [0, 0.1) is 11.3 Å². The molecule has 1 N–H and O–H groups in total. The molecule has 1 saturated heterocycles. The van der Waals surface area contributed by atoms with Crippen molar-refractivity contribution in [3.63, 3.8) is 0 Å². The maximum Gasteiger partial charge on any atom is 0.262 e. The SMILES string of the molecule is N#CCc1ccc(OCC(=O)Nc2ccccc2N2CCOCC2)cc1. The normalized spacial score (nSPS) is 13.7. The second-order valence-electron chi connectivity index (χ2n) is 5.93. The Morgan fingerprint density at radius 3 is 2.62 bits per heavy atom. The number of amides is 1. The fraction of sp³-hybridized carbons (Fsp3) is 0.300. The minimum absolute atomic E-state index is 0.0744. The highest BCUT2D eigenvalue weighted by atomic mass is 16.5. The highest BCUT2D eigenvalue weighted by molar-refractivity contribution is 5.95. The van der Waals surface area contributed by atoms with Gasteiger partial charge in [0.1, 0.15) is 5.75 Å². The van der Waals surface area contributed by atoms with Gasteiger partial charge in [-0.2, -0.15) is 5.26 Å². The van der Waals surface area contributed by atoms with Crippen LogP contribution in [0.5, 0.6) is 5.75 Å². The van der Waals surface area contributed by atoms with E-state index in [1.165, 1.54) is 0 Å². The monoisotopic (exact) mass is 351 g/mol. The van der Waals surface area contributed by atoms with Crippen molar-refractivity contribution in [1.29, 1.82) is 5.26 Å². The van der Waals surface area contributed by atoms with Crippen molar-refractivity contribution in [3.05, 3.63) is 54.1 Å². The van der Waals surface area contributed by atoms with Crippen LogP contribution in [0.1, 0.15) is 5.56 Å². The van der Waals surface area contributed by atoms with E-state index in [1.54, 1.807) is 12.1 Å². The summed E-state index contributed by atoms with van der Waals surface area (Å²) in [6, 6.07) is 17.0. The molecule has 1 aliphatic heterocycles. The predicted octanol–water partition coefficient (Wildman–Crippen LogP) is 2.61. The van der Waals surface area contributed by atoms with E-state index in [1.807, 2.05) is 36.4 Å². The number of hydrogen-bond donors (Lipinski definition) is 1. The molecule has 2 aromatic rings. The number of nitrogens with one attached hydrogen (secondary N) is 1. The Morgan fingerprint density at radius 1 is 1.15 bits per heavy atom. The third kappa shape index (κ3) is 4.74. The smallest absolute Gasteiger partial charge is 0.262 e. The molecule has 1 amide bonds. The highest BCUT2D eigenvalue weighted by Gasteiger charge is 2.15. The van der Waals surface area contributed by atoms with Crippen molar-refractivity contribution >= 4 is 17.3 Å². The molecule has 1 aliphatic rings. The number of carbonyl (C=O) groups is 1. The topological polar surface area (TPSA) is 74.6 Å². The number of para-hydroxylation sites is 2. The van der Waals surface area contributed by atoms with Gasteiger partial charge in [0.2, 0.25) is 0 Å². The van der Waals surface area contributed by atoms with Crippen LogP contribution >= 0.6 is 0 Å². The number of ether oxygens (including phenoxy) is 2. The van der Waals surface area contributed by atoms with E-state index in [0.29, 0.717) is 25.4 Å². The number of anilines is 2.